The molecule has 1 aliphatic rings. The standard InChI is InChI=1S/C14H18Cl2N2S/c1-14(2,3)7-10-8-17-13(19-10)18-12-5-4-9(15)6-11(12)16/h4-6,10H,7-8H2,1-3H3,(H,17,18). The fourth-order valence-corrected chi connectivity index (χ4v) is 3.80. The molecule has 0 amide bonds. The van der Waals surface area contributed by atoms with Crippen molar-refractivity contribution >= 4 is 45.8 Å². The molecule has 1 aromatic rings. The minimum atomic E-state index is 0.334. The molecule has 2 rings (SSSR count). The number of rotatable bonds is 2. The van der Waals surface area contributed by atoms with Gasteiger partial charge in [0.1, 0.15) is 0 Å². The Balaban J connectivity index is 1.95. The molecule has 19 heavy (non-hydrogen) atoms. The third-order valence-electron chi connectivity index (χ3n) is 2.73. The molecule has 1 atom stereocenters. The Morgan fingerprint density at radius 3 is 2.74 bits per heavy atom. The number of anilines is 1. The summed E-state index contributed by atoms with van der Waals surface area (Å²) >= 11 is 13.8. The second-order valence-corrected chi connectivity index (χ2v) is 8.03. The molecule has 0 saturated carbocycles. The van der Waals surface area contributed by atoms with Gasteiger partial charge in [-0.2, -0.15) is 0 Å². The van der Waals surface area contributed by atoms with E-state index in [1.165, 1.54) is 0 Å². The first-order valence-electron chi connectivity index (χ1n) is 6.27. The summed E-state index contributed by atoms with van der Waals surface area (Å²) in [5, 5.41) is 6.03. The lowest BCUT2D eigenvalue weighted by molar-refractivity contribution is 0.375. The van der Waals surface area contributed by atoms with E-state index in [4.69, 9.17) is 23.2 Å². The summed E-state index contributed by atoms with van der Waals surface area (Å²) in [5.74, 6) is 0. The maximum atomic E-state index is 6.14. The quantitative estimate of drug-likeness (QED) is 0.799. The molecule has 1 unspecified atom stereocenters. The monoisotopic (exact) mass is 316 g/mol. The Kier molecular flexibility index (Phi) is 4.70. The molecule has 0 aliphatic carbocycles. The van der Waals surface area contributed by atoms with Crippen LogP contribution in [0.4, 0.5) is 5.69 Å². The highest BCUT2D eigenvalue weighted by molar-refractivity contribution is 8.15. The maximum Gasteiger partial charge on any atom is 0.161 e. The van der Waals surface area contributed by atoms with Gasteiger partial charge in [0.05, 0.1) is 17.3 Å². The Morgan fingerprint density at radius 1 is 1.37 bits per heavy atom. The number of thioether (sulfide) groups is 1. The second kappa shape index (κ2) is 5.94. The Bertz CT molecular complexity index is 495. The predicted octanol–water partition coefficient (Wildman–Crippen LogP) is 5.31. The maximum absolute atomic E-state index is 6.14. The lowest BCUT2D eigenvalue weighted by Gasteiger charge is -2.21. The SMILES string of the molecule is CC(C)(C)CC1CN=C(Nc2ccc(Cl)cc2Cl)S1. The third-order valence-corrected chi connectivity index (χ3v) is 4.38. The van der Waals surface area contributed by atoms with Crippen molar-refractivity contribution in [3.8, 4) is 0 Å². The summed E-state index contributed by atoms with van der Waals surface area (Å²) < 4.78 is 0. The van der Waals surface area contributed by atoms with Crippen LogP contribution in [0, 0.1) is 5.41 Å². The second-order valence-electron chi connectivity index (χ2n) is 5.90. The van der Waals surface area contributed by atoms with E-state index < -0.39 is 0 Å². The molecule has 1 aromatic carbocycles. The molecular weight excluding hydrogens is 299 g/mol. The van der Waals surface area contributed by atoms with Crippen LogP contribution in [0.1, 0.15) is 27.2 Å². The molecule has 0 fully saturated rings. The highest BCUT2D eigenvalue weighted by atomic mass is 35.5. The van der Waals surface area contributed by atoms with Crippen molar-refractivity contribution in [2.45, 2.75) is 32.4 Å². The van der Waals surface area contributed by atoms with Gasteiger partial charge in [0, 0.05) is 10.3 Å². The number of nitrogens with zero attached hydrogens (tertiary/aromatic N) is 1. The van der Waals surface area contributed by atoms with Crippen LogP contribution in [-0.2, 0) is 0 Å². The average Bonchev–Trinajstić information content (AvgIpc) is 2.67. The number of amidine groups is 1. The zero-order chi connectivity index (χ0) is 14.0. The Labute approximate surface area is 129 Å². The number of aliphatic imine (C=N–C) groups is 1. The van der Waals surface area contributed by atoms with Gasteiger partial charge in [-0.1, -0.05) is 55.7 Å². The van der Waals surface area contributed by atoms with Crippen LogP contribution in [0.15, 0.2) is 23.2 Å². The summed E-state index contributed by atoms with van der Waals surface area (Å²) in [7, 11) is 0. The highest BCUT2D eigenvalue weighted by Gasteiger charge is 2.25. The number of nitrogens with one attached hydrogen (secondary N) is 1. The molecule has 1 aliphatic heterocycles. The highest BCUT2D eigenvalue weighted by Crippen LogP contribution is 2.33. The van der Waals surface area contributed by atoms with Crippen molar-refractivity contribution in [3.63, 3.8) is 0 Å². The van der Waals surface area contributed by atoms with E-state index >= 15 is 0 Å². The molecule has 1 heterocycles. The van der Waals surface area contributed by atoms with E-state index in [9.17, 15) is 0 Å². The minimum Gasteiger partial charge on any atom is -0.334 e. The van der Waals surface area contributed by atoms with E-state index in [-0.39, 0.29) is 0 Å². The van der Waals surface area contributed by atoms with E-state index in [0.717, 1.165) is 23.8 Å². The summed E-state index contributed by atoms with van der Waals surface area (Å²) in [6, 6.07) is 5.44. The molecule has 1 N–H and O–H groups in total. The first-order chi connectivity index (χ1) is 8.83. The van der Waals surface area contributed by atoms with Gasteiger partial charge in [-0.15, -0.1) is 0 Å². The Hall–Kier alpha value is -0.380. The van der Waals surface area contributed by atoms with E-state index in [1.54, 1.807) is 17.8 Å². The molecule has 0 radical (unpaired) electrons. The largest absolute Gasteiger partial charge is 0.334 e. The normalized spacial score (nSPS) is 19.4. The van der Waals surface area contributed by atoms with Crippen molar-refractivity contribution in [3.05, 3.63) is 28.2 Å². The van der Waals surface area contributed by atoms with Gasteiger partial charge in [0.15, 0.2) is 5.17 Å². The van der Waals surface area contributed by atoms with Crippen molar-refractivity contribution in [1.29, 1.82) is 0 Å². The number of hydrogen-bond acceptors (Lipinski definition) is 3. The third kappa shape index (κ3) is 4.59. The van der Waals surface area contributed by atoms with Crippen LogP contribution in [0.2, 0.25) is 10.0 Å². The van der Waals surface area contributed by atoms with E-state index in [0.29, 0.717) is 20.7 Å². The minimum absolute atomic E-state index is 0.334. The molecule has 0 saturated heterocycles. The van der Waals surface area contributed by atoms with Crippen LogP contribution in [0.3, 0.4) is 0 Å². The number of hydrogen-bond donors (Lipinski definition) is 1. The van der Waals surface area contributed by atoms with Gasteiger partial charge < -0.3 is 5.32 Å². The Morgan fingerprint density at radius 2 is 2.11 bits per heavy atom. The lowest BCUT2D eigenvalue weighted by Crippen LogP contribution is -2.16. The number of benzene rings is 1. The van der Waals surface area contributed by atoms with Gasteiger partial charge in [-0.05, 0) is 30.0 Å². The molecule has 0 aromatic heterocycles. The molecular formula is C14H18Cl2N2S. The smallest absolute Gasteiger partial charge is 0.161 e. The molecule has 5 heteroatoms. The van der Waals surface area contributed by atoms with Crippen molar-refractivity contribution in [1.82, 2.24) is 0 Å². The zero-order valence-electron chi connectivity index (χ0n) is 11.3. The van der Waals surface area contributed by atoms with Crippen LogP contribution in [-0.4, -0.2) is 17.0 Å². The summed E-state index contributed by atoms with van der Waals surface area (Å²) in [5.41, 5.74) is 1.19. The molecule has 0 bridgehead atoms. The van der Waals surface area contributed by atoms with Crippen LogP contribution in [0.25, 0.3) is 0 Å². The summed E-state index contributed by atoms with van der Waals surface area (Å²) in [4.78, 5) is 4.54. The average molecular weight is 317 g/mol. The van der Waals surface area contributed by atoms with Gasteiger partial charge in [-0.3, -0.25) is 4.99 Å². The fraction of sp³-hybridized carbons (Fsp3) is 0.500. The van der Waals surface area contributed by atoms with Crippen molar-refractivity contribution in [2.75, 3.05) is 11.9 Å². The molecule has 104 valence electrons. The lowest BCUT2D eigenvalue weighted by atomic mass is 9.90. The van der Waals surface area contributed by atoms with Crippen LogP contribution >= 0.6 is 35.0 Å². The van der Waals surface area contributed by atoms with Crippen LogP contribution in [0.5, 0.6) is 0 Å². The van der Waals surface area contributed by atoms with Crippen molar-refractivity contribution in [2.24, 2.45) is 10.4 Å². The number of halogens is 2. The first kappa shape index (κ1) is 15.0. The topological polar surface area (TPSA) is 24.4 Å². The van der Waals surface area contributed by atoms with Crippen molar-refractivity contribution < 1.29 is 0 Å². The zero-order valence-corrected chi connectivity index (χ0v) is 13.7. The molecule has 2 nitrogen and oxygen atoms in total. The van der Waals surface area contributed by atoms with Gasteiger partial charge in [-0.25, -0.2) is 0 Å². The summed E-state index contributed by atoms with van der Waals surface area (Å²) in [6.07, 6.45) is 1.15. The van der Waals surface area contributed by atoms with Gasteiger partial charge in [0.2, 0.25) is 0 Å². The van der Waals surface area contributed by atoms with E-state index in [1.807, 2.05) is 12.1 Å². The first-order valence-corrected chi connectivity index (χ1v) is 7.90. The van der Waals surface area contributed by atoms with Crippen LogP contribution < -0.4 is 5.32 Å². The fourth-order valence-electron chi connectivity index (χ4n) is 1.98. The predicted molar refractivity (Wildman–Crippen MR) is 87.8 cm³/mol. The van der Waals surface area contributed by atoms with Gasteiger partial charge >= 0.3 is 0 Å². The van der Waals surface area contributed by atoms with E-state index in [2.05, 4.69) is 31.1 Å². The van der Waals surface area contributed by atoms with Gasteiger partial charge in [0.25, 0.3) is 0 Å². The summed E-state index contributed by atoms with van der Waals surface area (Å²) in [6.45, 7) is 7.65. The molecule has 0 spiro atoms.